The molecule has 11 heavy (non-hydrogen) atoms. The third kappa shape index (κ3) is 1.62. The Morgan fingerprint density at radius 3 is 2.82 bits per heavy atom. The lowest BCUT2D eigenvalue weighted by Crippen LogP contribution is -2.20. The lowest BCUT2D eigenvalue weighted by atomic mass is 9.97. The van der Waals surface area contributed by atoms with E-state index in [1.54, 1.807) is 13.0 Å². The van der Waals surface area contributed by atoms with E-state index < -0.39 is 17.7 Å². The monoisotopic (exact) mass is 158 g/mol. The van der Waals surface area contributed by atoms with Crippen LogP contribution in [0, 0.1) is 5.41 Å². The van der Waals surface area contributed by atoms with Crippen molar-refractivity contribution in [3.05, 3.63) is 12.7 Å². The van der Waals surface area contributed by atoms with Crippen LogP contribution in [-0.4, -0.2) is 17.4 Å². The molecule has 0 aliphatic heterocycles. The number of rotatable bonds is 4. The molecule has 0 radical (unpaired) electrons. The molecule has 1 saturated carbocycles. The Morgan fingerprint density at radius 2 is 2.45 bits per heavy atom. The first-order valence-corrected chi connectivity index (χ1v) is 4.04. The van der Waals surface area contributed by atoms with Gasteiger partial charge in [-0.05, 0) is 19.3 Å². The van der Waals surface area contributed by atoms with Gasteiger partial charge < -0.3 is 5.11 Å². The molecule has 0 aromatic heterocycles. The van der Waals surface area contributed by atoms with Crippen molar-refractivity contribution >= 4 is 0 Å². The van der Waals surface area contributed by atoms with Crippen molar-refractivity contribution in [2.24, 2.45) is 5.41 Å². The number of halogens is 1. The average molecular weight is 158 g/mol. The summed E-state index contributed by atoms with van der Waals surface area (Å²) in [5.41, 5.74) is -0.441. The van der Waals surface area contributed by atoms with Gasteiger partial charge in [0.15, 0.2) is 0 Å². The summed E-state index contributed by atoms with van der Waals surface area (Å²) in [6.45, 7) is 5.35. The van der Waals surface area contributed by atoms with Gasteiger partial charge in [0.05, 0.1) is 6.10 Å². The number of alkyl halides is 1. The van der Waals surface area contributed by atoms with E-state index in [4.69, 9.17) is 0 Å². The highest BCUT2D eigenvalue weighted by atomic mass is 19.1. The van der Waals surface area contributed by atoms with Gasteiger partial charge in [0.25, 0.3) is 0 Å². The minimum absolute atomic E-state index is 0.441. The fraction of sp³-hybridized carbons (Fsp3) is 0.778. The standard InChI is InChI=1S/C9H15FO/c1-3-4-5-8(11)9(2)6-7(9)10/h3,7-8,11H,1,4-6H2,2H3. The van der Waals surface area contributed by atoms with Gasteiger partial charge in [-0.15, -0.1) is 6.58 Å². The predicted molar refractivity (Wildman–Crippen MR) is 43.1 cm³/mol. The molecular formula is C9H15FO. The Bertz CT molecular complexity index is 158. The molecule has 1 fully saturated rings. The third-order valence-electron chi connectivity index (χ3n) is 2.58. The van der Waals surface area contributed by atoms with Crippen LogP contribution in [0.3, 0.4) is 0 Å². The predicted octanol–water partition coefficient (Wildman–Crippen LogP) is 2.06. The van der Waals surface area contributed by atoms with Crippen LogP contribution in [0.25, 0.3) is 0 Å². The van der Waals surface area contributed by atoms with Gasteiger partial charge in [-0.1, -0.05) is 13.0 Å². The number of allylic oxidation sites excluding steroid dienone is 1. The summed E-state index contributed by atoms with van der Waals surface area (Å²) in [4.78, 5) is 0. The van der Waals surface area contributed by atoms with Crippen LogP contribution < -0.4 is 0 Å². The van der Waals surface area contributed by atoms with Crippen molar-refractivity contribution in [2.75, 3.05) is 0 Å². The number of hydrogen-bond donors (Lipinski definition) is 1. The van der Waals surface area contributed by atoms with Crippen molar-refractivity contribution < 1.29 is 9.50 Å². The van der Waals surface area contributed by atoms with E-state index >= 15 is 0 Å². The Balaban J connectivity index is 2.30. The smallest absolute Gasteiger partial charge is 0.109 e. The average Bonchev–Trinajstić information content (AvgIpc) is 2.56. The lowest BCUT2D eigenvalue weighted by molar-refractivity contribution is 0.0803. The van der Waals surface area contributed by atoms with Gasteiger partial charge >= 0.3 is 0 Å². The molecular weight excluding hydrogens is 143 g/mol. The molecule has 1 aliphatic carbocycles. The van der Waals surface area contributed by atoms with Gasteiger partial charge in [-0.25, -0.2) is 4.39 Å². The Hall–Kier alpha value is -0.370. The largest absolute Gasteiger partial charge is 0.392 e. The van der Waals surface area contributed by atoms with E-state index in [-0.39, 0.29) is 0 Å². The van der Waals surface area contributed by atoms with Gasteiger partial charge in [0.1, 0.15) is 6.17 Å². The molecule has 1 nitrogen and oxygen atoms in total. The summed E-state index contributed by atoms with van der Waals surface area (Å²) in [6, 6.07) is 0. The molecule has 0 spiro atoms. The van der Waals surface area contributed by atoms with Gasteiger partial charge in [0.2, 0.25) is 0 Å². The van der Waals surface area contributed by atoms with Gasteiger partial charge in [0, 0.05) is 5.41 Å². The van der Waals surface area contributed by atoms with Crippen LogP contribution in [0.15, 0.2) is 12.7 Å². The first-order chi connectivity index (χ1) is 5.11. The molecule has 1 aliphatic rings. The molecule has 2 heteroatoms. The molecule has 0 bridgehead atoms. The molecule has 64 valence electrons. The van der Waals surface area contributed by atoms with E-state index in [2.05, 4.69) is 6.58 Å². The van der Waals surface area contributed by atoms with Crippen molar-refractivity contribution in [1.29, 1.82) is 0 Å². The number of hydrogen-bond acceptors (Lipinski definition) is 1. The summed E-state index contributed by atoms with van der Waals surface area (Å²) < 4.78 is 12.7. The zero-order valence-corrected chi connectivity index (χ0v) is 6.89. The minimum Gasteiger partial charge on any atom is -0.392 e. The van der Waals surface area contributed by atoms with Crippen LogP contribution >= 0.6 is 0 Å². The van der Waals surface area contributed by atoms with E-state index in [0.717, 1.165) is 6.42 Å². The first-order valence-electron chi connectivity index (χ1n) is 4.04. The number of aliphatic hydroxyl groups is 1. The maximum atomic E-state index is 12.7. The molecule has 0 heterocycles. The SMILES string of the molecule is C=CCCC(O)C1(C)CC1F. The maximum Gasteiger partial charge on any atom is 0.109 e. The van der Waals surface area contributed by atoms with Crippen molar-refractivity contribution in [3.8, 4) is 0 Å². The minimum atomic E-state index is -0.790. The van der Waals surface area contributed by atoms with E-state index in [0.29, 0.717) is 12.8 Å². The van der Waals surface area contributed by atoms with Crippen molar-refractivity contribution in [2.45, 2.75) is 38.5 Å². The lowest BCUT2D eigenvalue weighted by Gasteiger charge is -2.15. The Morgan fingerprint density at radius 1 is 1.91 bits per heavy atom. The molecule has 1 N–H and O–H groups in total. The number of aliphatic hydroxyl groups excluding tert-OH is 1. The first kappa shape index (κ1) is 8.72. The summed E-state index contributed by atoms with van der Waals surface area (Å²) in [6.07, 6.45) is 2.40. The fourth-order valence-corrected chi connectivity index (χ4v) is 1.28. The normalized spacial score (nSPS) is 38.3. The topological polar surface area (TPSA) is 20.2 Å². The summed E-state index contributed by atoms with van der Waals surface area (Å²) in [5, 5.41) is 9.46. The molecule has 1 rings (SSSR count). The summed E-state index contributed by atoms with van der Waals surface area (Å²) in [7, 11) is 0. The Kier molecular flexibility index (Phi) is 2.33. The molecule has 0 saturated heterocycles. The van der Waals surface area contributed by atoms with Gasteiger partial charge in [-0.3, -0.25) is 0 Å². The highest BCUT2D eigenvalue weighted by molar-refractivity contribution is 5.04. The van der Waals surface area contributed by atoms with Crippen LogP contribution in [0.2, 0.25) is 0 Å². The van der Waals surface area contributed by atoms with Crippen LogP contribution in [-0.2, 0) is 0 Å². The molecule has 0 aromatic rings. The molecule has 3 atom stereocenters. The van der Waals surface area contributed by atoms with Crippen LogP contribution in [0.4, 0.5) is 4.39 Å². The highest BCUT2D eigenvalue weighted by Gasteiger charge is 2.55. The zero-order valence-electron chi connectivity index (χ0n) is 6.89. The molecule has 3 unspecified atom stereocenters. The maximum absolute atomic E-state index is 12.7. The summed E-state index contributed by atoms with van der Waals surface area (Å²) >= 11 is 0. The highest BCUT2D eigenvalue weighted by Crippen LogP contribution is 2.51. The summed E-state index contributed by atoms with van der Waals surface area (Å²) in [5.74, 6) is 0. The van der Waals surface area contributed by atoms with Crippen LogP contribution in [0.1, 0.15) is 26.2 Å². The zero-order chi connectivity index (χ0) is 8.48. The second kappa shape index (κ2) is 2.94. The third-order valence-corrected chi connectivity index (χ3v) is 2.58. The Labute approximate surface area is 66.9 Å². The molecule has 0 amide bonds. The molecule has 0 aromatic carbocycles. The van der Waals surface area contributed by atoms with Crippen molar-refractivity contribution in [3.63, 3.8) is 0 Å². The second-order valence-corrected chi connectivity index (χ2v) is 3.56. The van der Waals surface area contributed by atoms with E-state index in [1.165, 1.54) is 0 Å². The second-order valence-electron chi connectivity index (χ2n) is 3.56. The van der Waals surface area contributed by atoms with Crippen LogP contribution in [0.5, 0.6) is 0 Å². The van der Waals surface area contributed by atoms with E-state index in [1.807, 2.05) is 0 Å². The fourth-order valence-electron chi connectivity index (χ4n) is 1.28. The van der Waals surface area contributed by atoms with E-state index in [9.17, 15) is 9.50 Å². The quantitative estimate of drug-likeness (QED) is 0.621. The van der Waals surface area contributed by atoms with Crippen molar-refractivity contribution in [1.82, 2.24) is 0 Å². The van der Waals surface area contributed by atoms with Gasteiger partial charge in [-0.2, -0.15) is 0 Å².